The van der Waals surface area contributed by atoms with Gasteiger partial charge < -0.3 is 25.4 Å². The molecule has 1 atom stereocenters. The quantitative estimate of drug-likeness (QED) is 0.0895. The monoisotopic (exact) mass is 691 g/mol. The van der Waals surface area contributed by atoms with Gasteiger partial charge in [0, 0.05) is 26.9 Å². The number of hydrogen-bond acceptors (Lipinski definition) is 6. The van der Waals surface area contributed by atoms with Crippen molar-refractivity contribution in [1.82, 2.24) is 5.32 Å². The van der Waals surface area contributed by atoms with Crippen LogP contribution in [-0.2, 0) is 9.59 Å². The van der Waals surface area contributed by atoms with Crippen LogP contribution in [-0.4, -0.2) is 31.9 Å². The fourth-order valence-electron chi connectivity index (χ4n) is 4.86. The highest BCUT2D eigenvalue weighted by molar-refractivity contribution is 8.00. The van der Waals surface area contributed by atoms with Gasteiger partial charge in [-0.2, -0.15) is 0 Å². The van der Waals surface area contributed by atoms with Gasteiger partial charge in [0.1, 0.15) is 10.9 Å². The predicted octanol–water partition coefficient (Wildman–Crippen LogP) is 8.55. The summed E-state index contributed by atoms with van der Waals surface area (Å²) in [5.41, 5.74) is 3.81. The number of carbonyl (C=O) groups is 3. The number of ether oxygens (including phenoxy) is 2. The van der Waals surface area contributed by atoms with Gasteiger partial charge >= 0.3 is 0 Å². The van der Waals surface area contributed by atoms with E-state index in [1.165, 1.54) is 26.0 Å². The molecule has 0 aliphatic rings. The minimum Gasteiger partial charge on any atom is -0.493 e. The van der Waals surface area contributed by atoms with Crippen molar-refractivity contribution in [3.63, 3.8) is 0 Å². The van der Waals surface area contributed by atoms with Crippen LogP contribution < -0.4 is 25.4 Å². The third kappa shape index (κ3) is 9.31. The van der Waals surface area contributed by atoms with E-state index in [0.717, 1.165) is 16.0 Å². The highest BCUT2D eigenvalue weighted by Crippen LogP contribution is 2.38. The van der Waals surface area contributed by atoms with Crippen molar-refractivity contribution in [3.05, 3.63) is 154 Å². The molecule has 1 unspecified atom stereocenters. The van der Waals surface area contributed by atoms with Crippen LogP contribution in [0, 0.1) is 6.92 Å². The Bertz CT molecular complexity index is 1990. The number of halogens is 1. The van der Waals surface area contributed by atoms with E-state index in [4.69, 9.17) is 21.1 Å². The van der Waals surface area contributed by atoms with Gasteiger partial charge in [-0.3, -0.25) is 14.4 Å². The number of nitrogens with one attached hydrogen (secondary N) is 3. The molecule has 8 nitrogen and oxygen atoms in total. The number of rotatable bonds is 12. The third-order valence-corrected chi connectivity index (χ3v) is 8.87. The van der Waals surface area contributed by atoms with Crippen LogP contribution in [0.3, 0.4) is 0 Å². The van der Waals surface area contributed by atoms with Crippen LogP contribution in [0.1, 0.15) is 32.3 Å². The summed E-state index contributed by atoms with van der Waals surface area (Å²) in [5.74, 6) is -0.218. The van der Waals surface area contributed by atoms with E-state index in [1.807, 2.05) is 49.4 Å². The lowest BCUT2D eigenvalue weighted by molar-refractivity contribution is -0.116. The first-order valence-electron chi connectivity index (χ1n) is 15.2. The maximum absolute atomic E-state index is 13.8. The summed E-state index contributed by atoms with van der Waals surface area (Å²) in [4.78, 5) is 41.3. The Balaban J connectivity index is 1.41. The van der Waals surface area contributed by atoms with Crippen molar-refractivity contribution in [2.75, 3.05) is 24.9 Å². The summed E-state index contributed by atoms with van der Waals surface area (Å²) in [5, 5.41) is 8.58. The fraction of sp³-hybridized carbons (Fsp3) is 0.103. The lowest BCUT2D eigenvalue weighted by atomic mass is 10.1. The molecule has 5 aromatic rings. The molecule has 0 bridgehead atoms. The number of methoxy groups -OCH3 is 2. The molecule has 0 spiro atoms. The predicted molar refractivity (Wildman–Crippen MR) is 196 cm³/mol. The number of benzene rings is 5. The van der Waals surface area contributed by atoms with Gasteiger partial charge in [-0.25, -0.2) is 0 Å². The largest absolute Gasteiger partial charge is 0.493 e. The van der Waals surface area contributed by atoms with Crippen molar-refractivity contribution in [2.45, 2.75) is 17.1 Å². The zero-order valence-corrected chi connectivity index (χ0v) is 28.6. The van der Waals surface area contributed by atoms with E-state index in [0.29, 0.717) is 39.0 Å². The van der Waals surface area contributed by atoms with Crippen LogP contribution in [0.4, 0.5) is 11.4 Å². The van der Waals surface area contributed by atoms with E-state index < -0.39 is 17.1 Å². The summed E-state index contributed by atoms with van der Waals surface area (Å²) < 4.78 is 10.8. The Morgan fingerprint density at radius 3 is 2.18 bits per heavy atom. The van der Waals surface area contributed by atoms with Crippen LogP contribution in [0.2, 0.25) is 5.02 Å². The second-order valence-corrected chi connectivity index (χ2v) is 12.4. The van der Waals surface area contributed by atoms with Crippen LogP contribution in [0.5, 0.6) is 11.5 Å². The number of carbonyl (C=O) groups excluding carboxylic acids is 3. The molecule has 248 valence electrons. The highest BCUT2D eigenvalue weighted by atomic mass is 35.5. The van der Waals surface area contributed by atoms with Crippen LogP contribution in [0.25, 0.3) is 6.08 Å². The van der Waals surface area contributed by atoms with Crippen molar-refractivity contribution < 1.29 is 23.9 Å². The standard InChI is InChI=1S/C39H34ClN3O5S/c1-25-17-19-29(40)23-32(25)42-39(46)36(27-11-6-4-7-12-27)49-31-16-10-15-30(24-31)41-38(45)33(43-37(44)28-13-8-5-9-14-28)21-26-18-20-34(47-2)35(22-26)48-3/h4-24,36H,1-3H3,(H,41,45)(H,42,46)(H,43,44)/b33-21+. The maximum atomic E-state index is 13.8. The number of anilines is 2. The molecular weight excluding hydrogens is 658 g/mol. The first-order chi connectivity index (χ1) is 23.7. The van der Waals surface area contributed by atoms with E-state index in [9.17, 15) is 14.4 Å². The zero-order valence-electron chi connectivity index (χ0n) is 27.0. The number of hydrogen-bond donors (Lipinski definition) is 3. The highest BCUT2D eigenvalue weighted by Gasteiger charge is 2.23. The maximum Gasteiger partial charge on any atom is 0.272 e. The summed E-state index contributed by atoms with van der Waals surface area (Å²) in [6, 6.07) is 35.8. The van der Waals surface area contributed by atoms with E-state index in [1.54, 1.807) is 84.9 Å². The number of thioether (sulfide) groups is 1. The normalized spacial score (nSPS) is 11.6. The summed E-state index contributed by atoms with van der Waals surface area (Å²) in [6.07, 6.45) is 1.56. The average Bonchev–Trinajstić information content (AvgIpc) is 3.12. The molecule has 0 aliphatic heterocycles. The van der Waals surface area contributed by atoms with Crippen LogP contribution in [0.15, 0.2) is 132 Å². The summed E-state index contributed by atoms with van der Waals surface area (Å²) in [6.45, 7) is 1.90. The molecule has 0 aliphatic carbocycles. The minimum absolute atomic E-state index is 0.0116. The Morgan fingerprint density at radius 2 is 1.47 bits per heavy atom. The Hall–Kier alpha value is -5.51. The van der Waals surface area contributed by atoms with E-state index in [2.05, 4.69) is 16.0 Å². The van der Waals surface area contributed by atoms with Gasteiger partial charge in [0.25, 0.3) is 11.8 Å². The zero-order chi connectivity index (χ0) is 34.8. The first-order valence-corrected chi connectivity index (χ1v) is 16.5. The van der Waals surface area contributed by atoms with Crippen molar-refractivity contribution >= 4 is 58.5 Å². The van der Waals surface area contributed by atoms with Crippen molar-refractivity contribution in [3.8, 4) is 11.5 Å². The molecule has 3 amide bonds. The number of amides is 3. The lowest BCUT2D eigenvalue weighted by Gasteiger charge is -2.19. The Morgan fingerprint density at radius 1 is 0.755 bits per heavy atom. The molecule has 0 aromatic heterocycles. The number of aryl methyl sites for hydroxylation is 1. The molecule has 5 aromatic carbocycles. The second-order valence-electron chi connectivity index (χ2n) is 10.8. The van der Waals surface area contributed by atoms with Gasteiger partial charge in [0.05, 0.1) is 14.2 Å². The van der Waals surface area contributed by atoms with Gasteiger partial charge in [0.2, 0.25) is 5.91 Å². The summed E-state index contributed by atoms with van der Waals surface area (Å²) >= 11 is 7.55. The van der Waals surface area contributed by atoms with Crippen molar-refractivity contribution in [2.24, 2.45) is 0 Å². The van der Waals surface area contributed by atoms with Gasteiger partial charge in [-0.05, 0) is 84.3 Å². The molecule has 0 radical (unpaired) electrons. The average molecular weight is 692 g/mol. The molecule has 3 N–H and O–H groups in total. The molecule has 49 heavy (non-hydrogen) atoms. The third-order valence-electron chi connectivity index (χ3n) is 7.39. The fourth-order valence-corrected chi connectivity index (χ4v) is 6.12. The topological polar surface area (TPSA) is 106 Å². The summed E-state index contributed by atoms with van der Waals surface area (Å²) in [7, 11) is 3.05. The molecule has 0 saturated heterocycles. The smallest absolute Gasteiger partial charge is 0.272 e. The first kappa shape index (κ1) is 34.8. The van der Waals surface area contributed by atoms with E-state index >= 15 is 0 Å². The lowest BCUT2D eigenvalue weighted by Crippen LogP contribution is -2.30. The Kier molecular flexibility index (Phi) is 11.8. The molecule has 5 rings (SSSR count). The van der Waals surface area contributed by atoms with Gasteiger partial charge in [-0.15, -0.1) is 11.8 Å². The van der Waals surface area contributed by atoms with Gasteiger partial charge in [0.15, 0.2) is 11.5 Å². The molecular formula is C39H34ClN3O5S. The van der Waals surface area contributed by atoms with Crippen LogP contribution >= 0.6 is 23.4 Å². The molecule has 10 heteroatoms. The Labute approximate surface area is 294 Å². The molecule has 0 saturated carbocycles. The molecule has 0 fully saturated rings. The van der Waals surface area contributed by atoms with Crippen molar-refractivity contribution in [1.29, 1.82) is 0 Å². The SMILES string of the molecule is COc1ccc(/C=C(/NC(=O)c2ccccc2)C(=O)Nc2cccc(SC(C(=O)Nc3cc(Cl)ccc3C)c3ccccc3)c2)cc1OC. The molecule has 0 heterocycles. The second kappa shape index (κ2) is 16.5. The van der Waals surface area contributed by atoms with Gasteiger partial charge in [-0.1, -0.05) is 78.3 Å². The van der Waals surface area contributed by atoms with E-state index in [-0.39, 0.29) is 11.6 Å². The minimum atomic E-state index is -0.615.